The second kappa shape index (κ2) is 8.78. The smallest absolute Gasteiger partial charge is 0.244 e. The zero-order valence-electron chi connectivity index (χ0n) is 16.5. The van der Waals surface area contributed by atoms with Crippen LogP contribution in [0.4, 0.5) is 0 Å². The van der Waals surface area contributed by atoms with E-state index >= 15 is 0 Å². The van der Waals surface area contributed by atoms with Crippen LogP contribution in [0.5, 0.6) is 17.2 Å². The van der Waals surface area contributed by atoms with Gasteiger partial charge in [0.1, 0.15) is 30.7 Å². The number of hydrogen-bond donors (Lipinski definition) is 0. The minimum absolute atomic E-state index is 0.00441. The molecule has 2 aliphatic heterocycles. The van der Waals surface area contributed by atoms with Crippen LogP contribution in [0.15, 0.2) is 42.6 Å². The highest BCUT2D eigenvalue weighted by Gasteiger charge is 2.25. The van der Waals surface area contributed by atoms with Crippen molar-refractivity contribution in [1.82, 2.24) is 14.7 Å². The number of benzene rings is 1. The van der Waals surface area contributed by atoms with Gasteiger partial charge in [0.25, 0.3) is 0 Å². The number of fused-ring (bicyclic) bond motifs is 1. The molecule has 0 aliphatic carbocycles. The minimum atomic E-state index is -0.204. The third-order valence-electron chi connectivity index (χ3n) is 5.03. The Kier molecular flexibility index (Phi) is 5.71. The molecule has 8 nitrogen and oxygen atoms in total. The lowest BCUT2D eigenvalue weighted by atomic mass is 10.2. The van der Waals surface area contributed by atoms with Crippen LogP contribution in [0.3, 0.4) is 0 Å². The molecule has 1 unspecified atom stereocenters. The fourth-order valence-electron chi connectivity index (χ4n) is 3.47. The van der Waals surface area contributed by atoms with Crippen LogP contribution in [0, 0.1) is 0 Å². The third kappa shape index (κ3) is 4.63. The van der Waals surface area contributed by atoms with E-state index in [0.29, 0.717) is 47.9 Å². The van der Waals surface area contributed by atoms with Crippen LogP contribution >= 0.6 is 22.9 Å². The summed E-state index contributed by atoms with van der Waals surface area (Å²) in [6.07, 6.45) is 1.60. The normalized spacial score (nSPS) is 17.7. The van der Waals surface area contributed by atoms with Crippen LogP contribution < -0.4 is 14.2 Å². The molecule has 1 amide bonds. The molecule has 3 aromatic rings. The average Bonchev–Trinajstić information content (AvgIpc) is 3.53. The summed E-state index contributed by atoms with van der Waals surface area (Å²) >= 11 is 7.46. The number of thiophene rings is 1. The maximum atomic E-state index is 12.8. The van der Waals surface area contributed by atoms with Crippen LogP contribution in [0.25, 0.3) is 10.6 Å². The molecule has 1 saturated heterocycles. The van der Waals surface area contributed by atoms with Crippen LogP contribution in [0.2, 0.25) is 4.34 Å². The Labute approximate surface area is 187 Å². The summed E-state index contributed by atoms with van der Waals surface area (Å²) in [6, 6.07) is 11.1. The average molecular weight is 462 g/mol. The predicted molar refractivity (Wildman–Crippen MR) is 115 cm³/mol. The summed E-state index contributed by atoms with van der Waals surface area (Å²) in [5, 5.41) is 4.50. The lowest BCUT2D eigenvalue weighted by Gasteiger charge is -2.32. The number of nitrogens with zero attached hydrogens (tertiary/aromatic N) is 3. The van der Waals surface area contributed by atoms with Crippen molar-refractivity contribution in [2.24, 2.45) is 0 Å². The largest absolute Gasteiger partial charge is 0.491 e. The highest BCUT2D eigenvalue weighted by atomic mass is 35.5. The number of hydrogen-bond acceptors (Lipinski definition) is 7. The van der Waals surface area contributed by atoms with E-state index in [1.807, 2.05) is 36.5 Å². The second-order valence-corrected chi connectivity index (χ2v) is 8.88. The summed E-state index contributed by atoms with van der Waals surface area (Å²) in [4.78, 5) is 15.6. The molecule has 1 aromatic carbocycles. The van der Waals surface area contributed by atoms with Crippen molar-refractivity contribution in [3.63, 3.8) is 0 Å². The first kappa shape index (κ1) is 20.2. The molecule has 10 heteroatoms. The van der Waals surface area contributed by atoms with E-state index in [-0.39, 0.29) is 25.3 Å². The van der Waals surface area contributed by atoms with Gasteiger partial charge >= 0.3 is 0 Å². The summed E-state index contributed by atoms with van der Waals surface area (Å²) in [6.45, 7) is 2.23. The van der Waals surface area contributed by atoms with Crippen LogP contribution in [0.1, 0.15) is 0 Å². The first-order valence-corrected chi connectivity index (χ1v) is 11.0. The van der Waals surface area contributed by atoms with Gasteiger partial charge in [-0.3, -0.25) is 9.48 Å². The van der Waals surface area contributed by atoms with E-state index in [1.54, 1.807) is 15.6 Å². The molecule has 1 atom stereocenters. The van der Waals surface area contributed by atoms with Crippen molar-refractivity contribution in [3.8, 4) is 27.8 Å². The van der Waals surface area contributed by atoms with Crippen molar-refractivity contribution >= 4 is 28.8 Å². The maximum absolute atomic E-state index is 12.8. The van der Waals surface area contributed by atoms with Crippen molar-refractivity contribution in [2.45, 2.75) is 12.6 Å². The highest BCUT2D eigenvalue weighted by Crippen LogP contribution is 2.35. The number of aromatic nitrogens is 2. The maximum Gasteiger partial charge on any atom is 0.244 e. The van der Waals surface area contributed by atoms with Gasteiger partial charge in [-0.2, -0.15) is 5.10 Å². The van der Waals surface area contributed by atoms with E-state index in [1.165, 1.54) is 11.3 Å². The Morgan fingerprint density at radius 1 is 1.23 bits per heavy atom. The molecule has 4 heterocycles. The molecule has 2 aromatic heterocycles. The molecule has 0 bridgehead atoms. The van der Waals surface area contributed by atoms with E-state index in [0.717, 1.165) is 10.6 Å². The molecule has 162 valence electrons. The zero-order valence-corrected chi connectivity index (χ0v) is 18.1. The fraction of sp³-hybridized carbons (Fsp3) is 0.333. The Morgan fingerprint density at radius 2 is 2.13 bits per heavy atom. The molecule has 2 aliphatic rings. The van der Waals surface area contributed by atoms with Gasteiger partial charge in [-0.25, -0.2) is 0 Å². The number of carbonyl (C=O) groups excluding carboxylic acids is 1. The molecular weight excluding hydrogens is 442 g/mol. The van der Waals surface area contributed by atoms with Gasteiger partial charge in [0.05, 0.1) is 22.4 Å². The molecule has 1 fully saturated rings. The van der Waals surface area contributed by atoms with Crippen molar-refractivity contribution in [1.29, 1.82) is 0 Å². The molecule has 31 heavy (non-hydrogen) atoms. The predicted octanol–water partition coefficient (Wildman–Crippen LogP) is 3.30. The zero-order chi connectivity index (χ0) is 21.2. The molecule has 0 spiro atoms. The van der Waals surface area contributed by atoms with E-state index in [9.17, 15) is 4.79 Å². The van der Waals surface area contributed by atoms with Gasteiger partial charge in [0, 0.05) is 18.8 Å². The van der Waals surface area contributed by atoms with Gasteiger partial charge in [0.2, 0.25) is 12.7 Å². The van der Waals surface area contributed by atoms with E-state index in [2.05, 4.69) is 5.10 Å². The third-order valence-corrected chi connectivity index (χ3v) is 6.29. The Morgan fingerprint density at radius 3 is 3.00 bits per heavy atom. The monoisotopic (exact) mass is 461 g/mol. The molecular formula is C21H20ClN3O5S. The molecule has 0 N–H and O–H groups in total. The van der Waals surface area contributed by atoms with Gasteiger partial charge in [-0.05, 0) is 30.3 Å². The summed E-state index contributed by atoms with van der Waals surface area (Å²) in [5.74, 6) is 2.05. The first-order chi connectivity index (χ1) is 15.1. The van der Waals surface area contributed by atoms with E-state index in [4.69, 9.17) is 30.5 Å². The van der Waals surface area contributed by atoms with Crippen LogP contribution in [-0.4, -0.2) is 59.8 Å². The first-order valence-electron chi connectivity index (χ1n) is 9.85. The van der Waals surface area contributed by atoms with Gasteiger partial charge in [-0.1, -0.05) is 11.6 Å². The summed E-state index contributed by atoms with van der Waals surface area (Å²) in [7, 11) is 0. The second-order valence-electron chi connectivity index (χ2n) is 7.16. The number of morpholine rings is 1. The molecule has 0 radical (unpaired) electrons. The highest BCUT2D eigenvalue weighted by molar-refractivity contribution is 7.19. The lowest BCUT2D eigenvalue weighted by Crippen LogP contribution is -2.48. The Bertz CT molecular complexity index is 1080. The Balaban J connectivity index is 1.15. The van der Waals surface area contributed by atoms with Crippen LogP contribution in [-0.2, 0) is 16.1 Å². The molecule has 5 rings (SSSR count). The van der Waals surface area contributed by atoms with Gasteiger partial charge in [-0.15, -0.1) is 11.3 Å². The van der Waals surface area contributed by atoms with Crippen molar-refractivity contribution < 1.29 is 23.7 Å². The minimum Gasteiger partial charge on any atom is -0.491 e. The number of ether oxygens (including phenoxy) is 4. The van der Waals surface area contributed by atoms with Crippen molar-refractivity contribution in [3.05, 3.63) is 46.9 Å². The summed E-state index contributed by atoms with van der Waals surface area (Å²) < 4.78 is 24.7. The van der Waals surface area contributed by atoms with E-state index < -0.39 is 0 Å². The van der Waals surface area contributed by atoms with Gasteiger partial charge < -0.3 is 23.8 Å². The number of carbonyl (C=O) groups is 1. The Hall–Kier alpha value is -2.75. The quantitative estimate of drug-likeness (QED) is 0.560. The fourth-order valence-corrected chi connectivity index (χ4v) is 4.48. The number of amides is 1. The topological polar surface area (TPSA) is 75.1 Å². The number of halogens is 1. The molecule has 0 saturated carbocycles. The van der Waals surface area contributed by atoms with Gasteiger partial charge in [0.15, 0.2) is 11.5 Å². The standard InChI is InChI=1S/C21H20ClN3O5S/c22-20-4-3-19(31-20)16-5-6-25(23-16)11-21(26)24-7-8-27-15(10-24)12-28-14-1-2-17-18(9-14)30-13-29-17/h1-6,9,15H,7-8,10-13H2. The summed E-state index contributed by atoms with van der Waals surface area (Å²) in [5.41, 5.74) is 0.807. The SMILES string of the molecule is O=C(Cn1ccc(-c2ccc(Cl)s2)n1)N1CCOC(COc2ccc3c(c2)OCO3)C1. The lowest BCUT2D eigenvalue weighted by molar-refractivity contribution is -0.140. The number of rotatable bonds is 6. The van der Waals surface area contributed by atoms with Crippen molar-refractivity contribution in [2.75, 3.05) is 33.1 Å².